The highest BCUT2D eigenvalue weighted by Gasteiger charge is 2.19. The van der Waals surface area contributed by atoms with E-state index in [1.54, 1.807) is 0 Å². The highest BCUT2D eigenvalue weighted by molar-refractivity contribution is 7.89. The van der Waals surface area contributed by atoms with Gasteiger partial charge in [0.25, 0.3) is 0 Å². The fourth-order valence-corrected chi connectivity index (χ4v) is 1.93. The molecule has 0 aliphatic carbocycles. The Morgan fingerprint density at radius 1 is 1.61 bits per heavy atom. The van der Waals surface area contributed by atoms with Gasteiger partial charge in [0, 0.05) is 19.9 Å². The van der Waals surface area contributed by atoms with E-state index in [0.29, 0.717) is 6.61 Å². The normalized spacial score (nSPS) is 11.5. The van der Waals surface area contributed by atoms with E-state index < -0.39 is 10.0 Å². The molecule has 0 aliphatic heterocycles. The molecule has 0 unspecified atom stereocenters. The second kappa shape index (κ2) is 5.94. The lowest BCUT2D eigenvalue weighted by Gasteiger charge is -2.03. The number of aromatic nitrogens is 2. The number of hydrogen-bond acceptors (Lipinski definition) is 5. The zero-order chi connectivity index (χ0) is 13.8. The van der Waals surface area contributed by atoms with E-state index in [9.17, 15) is 13.2 Å². The molecule has 9 heteroatoms. The molecule has 1 aromatic heterocycles. The molecule has 18 heavy (non-hydrogen) atoms. The first kappa shape index (κ1) is 14.6. The van der Waals surface area contributed by atoms with Gasteiger partial charge in [0.05, 0.1) is 13.0 Å². The Morgan fingerprint density at radius 3 is 2.83 bits per heavy atom. The largest absolute Gasteiger partial charge is 0.381 e. The Balaban J connectivity index is 2.76. The molecule has 0 fully saturated rings. The SMILES string of the molecule is CCOCCC(=O)Nc1nn(C)cc1S(N)(=O)=O. The number of nitrogens with zero attached hydrogens (tertiary/aromatic N) is 2. The lowest BCUT2D eigenvalue weighted by Crippen LogP contribution is -2.18. The highest BCUT2D eigenvalue weighted by atomic mass is 32.2. The first-order valence-electron chi connectivity index (χ1n) is 5.28. The zero-order valence-electron chi connectivity index (χ0n) is 10.2. The van der Waals surface area contributed by atoms with Crippen LogP contribution >= 0.6 is 0 Å². The summed E-state index contributed by atoms with van der Waals surface area (Å²) in [5, 5.41) is 11.2. The van der Waals surface area contributed by atoms with Crippen molar-refractivity contribution in [3.63, 3.8) is 0 Å². The third-order valence-corrected chi connectivity index (χ3v) is 2.95. The first-order valence-corrected chi connectivity index (χ1v) is 6.83. The second-order valence-corrected chi connectivity index (χ2v) is 5.09. The molecule has 1 aromatic rings. The van der Waals surface area contributed by atoms with Gasteiger partial charge in [0.1, 0.15) is 4.90 Å². The van der Waals surface area contributed by atoms with Crippen molar-refractivity contribution in [2.75, 3.05) is 18.5 Å². The second-order valence-electron chi connectivity index (χ2n) is 3.56. The van der Waals surface area contributed by atoms with Gasteiger partial charge in [-0.3, -0.25) is 9.48 Å². The molecule has 8 nitrogen and oxygen atoms in total. The number of anilines is 1. The number of nitrogens with one attached hydrogen (secondary N) is 1. The van der Waals surface area contributed by atoms with Gasteiger partial charge in [-0.2, -0.15) is 5.10 Å². The fourth-order valence-electron chi connectivity index (χ4n) is 1.27. The molecule has 3 N–H and O–H groups in total. The number of amides is 1. The molecular weight excluding hydrogens is 260 g/mol. The van der Waals surface area contributed by atoms with Crippen molar-refractivity contribution in [1.29, 1.82) is 0 Å². The molecule has 0 spiro atoms. The van der Waals surface area contributed by atoms with E-state index in [1.807, 2.05) is 6.92 Å². The van der Waals surface area contributed by atoms with Crippen molar-refractivity contribution in [3.05, 3.63) is 6.20 Å². The number of hydrogen-bond donors (Lipinski definition) is 2. The number of nitrogens with two attached hydrogens (primary N) is 1. The van der Waals surface area contributed by atoms with Crippen molar-refractivity contribution in [1.82, 2.24) is 9.78 Å². The number of ether oxygens (including phenoxy) is 1. The summed E-state index contributed by atoms with van der Waals surface area (Å²) in [4.78, 5) is 11.3. The molecule has 0 aromatic carbocycles. The van der Waals surface area contributed by atoms with E-state index in [2.05, 4.69) is 10.4 Å². The van der Waals surface area contributed by atoms with E-state index in [-0.39, 0.29) is 29.6 Å². The summed E-state index contributed by atoms with van der Waals surface area (Å²) in [6.45, 7) is 2.59. The topological polar surface area (TPSA) is 116 Å². The minimum Gasteiger partial charge on any atom is -0.381 e. The number of primary sulfonamides is 1. The molecule has 0 atom stereocenters. The summed E-state index contributed by atoms with van der Waals surface area (Å²) in [5.74, 6) is -0.450. The number of sulfonamides is 1. The van der Waals surface area contributed by atoms with Crippen LogP contribution in [0.1, 0.15) is 13.3 Å². The van der Waals surface area contributed by atoms with Gasteiger partial charge in [-0.15, -0.1) is 0 Å². The molecule has 1 heterocycles. The van der Waals surface area contributed by atoms with Crippen molar-refractivity contribution in [2.45, 2.75) is 18.2 Å². The average Bonchev–Trinajstić information content (AvgIpc) is 2.59. The Morgan fingerprint density at radius 2 is 2.28 bits per heavy atom. The van der Waals surface area contributed by atoms with E-state index in [0.717, 1.165) is 0 Å². The molecule has 0 radical (unpaired) electrons. The summed E-state index contributed by atoms with van der Waals surface area (Å²) in [7, 11) is -2.38. The van der Waals surface area contributed by atoms with Crippen LogP contribution in [0.2, 0.25) is 0 Å². The van der Waals surface area contributed by atoms with Crippen LogP contribution in [0.25, 0.3) is 0 Å². The zero-order valence-corrected chi connectivity index (χ0v) is 11.0. The van der Waals surface area contributed by atoms with Crippen LogP contribution in [0, 0.1) is 0 Å². The van der Waals surface area contributed by atoms with Crippen LogP contribution < -0.4 is 10.5 Å². The monoisotopic (exact) mass is 276 g/mol. The summed E-state index contributed by atoms with van der Waals surface area (Å²) < 4.78 is 28.8. The van der Waals surface area contributed by atoms with Crippen molar-refractivity contribution >= 4 is 21.7 Å². The summed E-state index contributed by atoms with van der Waals surface area (Å²) in [6, 6.07) is 0. The maximum absolute atomic E-state index is 11.5. The molecule has 0 saturated carbocycles. The minimum atomic E-state index is -3.91. The van der Waals surface area contributed by atoms with Gasteiger partial charge in [-0.05, 0) is 6.92 Å². The Kier molecular flexibility index (Phi) is 4.82. The van der Waals surface area contributed by atoms with Crippen LogP contribution in [-0.4, -0.2) is 37.3 Å². The smallest absolute Gasteiger partial charge is 0.243 e. The van der Waals surface area contributed by atoms with Crippen LogP contribution in [0.4, 0.5) is 5.82 Å². The lowest BCUT2D eigenvalue weighted by atomic mass is 10.4. The van der Waals surface area contributed by atoms with Crippen molar-refractivity contribution in [3.8, 4) is 0 Å². The summed E-state index contributed by atoms with van der Waals surface area (Å²) in [5.41, 5.74) is 0. The quantitative estimate of drug-likeness (QED) is 0.675. The third-order valence-electron chi connectivity index (χ3n) is 2.04. The van der Waals surface area contributed by atoms with Crippen molar-refractivity contribution in [2.24, 2.45) is 12.2 Å². The van der Waals surface area contributed by atoms with Gasteiger partial charge in [-0.25, -0.2) is 13.6 Å². The van der Waals surface area contributed by atoms with Crippen LogP contribution in [-0.2, 0) is 26.6 Å². The Hall–Kier alpha value is -1.45. The molecule has 102 valence electrons. The van der Waals surface area contributed by atoms with Crippen molar-refractivity contribution < 1.29 is 17.9 Å². The maximum atomic E-state index is 11.5. The van der Waals surface area contributed by atoms with Crippen LogP contribution in [0.15, 0.2) is 11.1 Å². The molecular formula is C9H16N4O4S. The summed E-state index contributed by atoms with van der Waals surface area (Å²) in [6.07, 6.45) is 1.35. The van der Waals surface area contributed by atoms with Gasteiger partial charge >= 0.3 is 0 Å². The fraction of sp³-hybridized carbons (Fsp3) is 0.556. The highest BCUT2D eigenvalue weighted by Crippen LogP contribution is 2.17. The predicted octanol–water partition coefficient (Wildman–Crippen LogP) is -0.567. The van der Waals surface area contributed by atoms with Gasteiger partial charge < -0.3 is 10.1 Å². The Bertz CT molecular complexity index is 523. The summed E-state index contributed by atoms with van der Waals surface area (Å²) >= 11 is 0. The lowest BCUT2D eigenvalue weighted by molar-refractivity contribution is -0.117. The Labute approximate surface area is 105 Å². The van der Waals surface area contributed by atoms with Gasteiger partial charge in [-0.1, -0.05) is 0 Å². The standard InChI is InChI=1S/C9H16N4O4S/c1-3-17-5-4-8(14)11-9-7(18(10,15)16)6-13(2)12-9/h6H,3-5H2,1-2H3,(H2,10,15,16)(H,11,12,14). The van der Waals surface area contributed by atoms with Crippen LogP contribution in [0.3, 0.4) is 0 Å². The number of carbonyl (C=O) groups is 1. The molecule has 0 saturated heterocycles. The van der Waals surface area contributed by atoms with E-state index >= 15 is 0 Å². The maximum Gasteiger partial charge on any atom is 0.243 e. The first-order chi connectivity index (χ1) is 8.34. The molecule has 1 amide bonds. The van der Waals surface area contributed by atoms with E-state index in [4.69, 9.17) is 9.88 Å². The predicted molar refractivity (Wildman–Crippen MR) is 64.3 cm³/mol. The van der Waals surface area contributed by atoms with E-state index in [1.165, 1.54) is 17.9 Å². The number of carbonyl (C=O) groups excluding carboxylic acids is 1. The van der Waals surface area contributed by atoms with Gasteiger partial charge in [0.2, 0.25) is 15.9 Å². The van der Waals surface area contributed by atoms with Gasteiger partial charge in [0.15, 0.2) is 5.82 Å². The molecule has 1 rings (SSSR count). The molecule has 0 aliphatic rings. The number of rotatable bonds is 6. The van der Waals surface area contributed by atoms with Crippen LogP contribution in [0.5, 0.6) is 0 Å². The third kappa shape index (κ3) is 4.09. The minimum absolute atomic E-state index is 0.0681. The average molecular weight is 276 g/mol. The number of aryl methyl sites for hydroxylation is 1. The molecule has 0 bridgehead atoms.